The van der Waals surface area contributed by atoms with Crippen molar-refractivity contribution in [2.45, 2.75) is 12.8 Å². The second-order valence-electron chi connectivity index (χ2n) is 5.74. The number of thiazole rings is 1. The molecule has 0 atom stereocenters. The Balaban J connectivity index is 0.000000143. The van der Waals surface area contributed by atoms with Crippen LogP contribution in [0, 0.1) is 0 Å². The molecule has 2 aromatic rings. The Bertz CT molecular complexity index is 707. The van der Waals surface area contributed by atoms with Gasteiger partial charge in [-0.25, -0.2) is 0 Å². The van der Waals surface area contributed by atoms with Gasteiger partial charge >= 0.3 is 0 Å². The van der Waals surface area contributed by atoms with E-state index >= 15 is 0 Å². The average Bonchev–Trinajstić information content (AvgIpc) is 3.19. The zero-order chi connectivity index (χ0) is 16.6. The molecule has 1 aromatic heterocycles. The van der Waals surface area contributed by atoms with E-state index in [2.05, 4.69) is 33.8 Å². The van der Waals surface area contributed by atoms with Crippen LogP contribution in [0.2, 0.25) is 5.02 Å². The summed E-state index contributed by atoms with van der Waals surface area (Å²) in [5, 5.41) is 7.51. The minimum absolute atomic E-state index is 0.845. The summed E-state index contributed by atoms with van der Waals surface area (Å²) in [6, 6.07) is 7.99. The quantitative estimate of drug-likeness (QED) is 0.842. The maximum absolute atomic E-state index is 6.09. The molecule has 0 radical (unpaired) electrons. The maximum atomic E-state index is 6.09. The fourth-order valence-corrected chi connectivity index (χ4v) is 3.70. The maximum Gasteiger partial charge on any atom is 0.0797 e. The van der Waals surface area contributed by atoms with Crippen LogP contribution in [0.5, 0.6) is 0 Å². The molecule has 0 spiro atoms. The van der Waals surface area contributed by atoms with Crippen molar-refractivity contribution >= 4 is 34.1 Å². The van der Waals surface area contributed by atoms with Crippen LogP contribution in [0.4, 0.5) is 0 Å². The summed E-state index contributed by atoms with van der Waals surface area (Å²) in [5.41, 5.74) is 5.76. The van der Waals surface area contributed by atoms with Crippen LogP contribution in [0.1, 0.15) is 23.3 Å². The second-order valence-corrected chi connectivity index (χ2v) is 7.03. The van der Waals surface area contributed by atoms with Crippen LogP contribution in [-0.2, 0) is 0 Å². The van der Waals surface area contributed by atoms with Gasteiger partial charge in [-0.05, 0) is 48.7 Å². The van der Waals surface area contributed by atoms with E-state index in [1.54, 1.807) is 11.3 Å². The highest BCUT2D eigenvalue weighted by Crippen LogP contribution is 2.24. The molecule has 4 rings (SSSR count). The molecule has 2 N–H and O–H groups in total. The van der Waals surface area contributed by atoms with Gasteiger partial charge in [0.2, 0.25) is 0 Å². The zero-order valence-corrected chi connectivity index (χ0v) is 15.2. The third-order valence-electron chi connectivity index (χ3n) is 4.02. The monoisotopic (exact) mass is 359 g/mol. The van der Waals surface area contributed by atoms with Crippen LogP contribution in [-0.4, -0.2) is 31.2 Å². The minimum Gasteiger partial charge on any atom is -0.312 e. The lowest BCUT2D eigenvalue weighted by Gasteiger charge is -2.15. The van der Waals surface area contributed by atoms with Crippen molar-refractivity contribution < 1.29 is 0 Å². The Labute approximate surface area is 152 Å². The lowest BCUT2D eigenvalue weighted by molar-refractivity contribution is 0.739. The number of hydrogen-bond acceptors (Lipinski definition) is 4. The van der Waals surface area contributed by atoms with Gasteiger partial charge in [-0.15, -0.1) is 11.3 Å². The molecule has 0 saturated carbocycles. The average molecular weight is 360 g/mol. The first-order valence-corrected chi connectivity index (χ1v) is 9.53. The molecule has 2 aliphatic rings. The van der Waals surface area contributed by atoms with Crippen LogP contribution < -0.4 is 10.6 Å². The number of nitrogens with one attached hydrogen (secondary N) is 2. The molecule has 0 aliphatic carbocycles. The van der Waals surface area contributed by atoms with Crippen molar-refractivity contribution in [1.29, 1.82) is 0 Å². The molecule has 0 saturated heterocycles. The van der Waals surface area contributed by atoms with Gasteiger partial charge in [0.25, 0.3) is 0 Å². The third-order valence-corrected chi connectivity index (χ3v) is 5.20. The fourth-order valence-electron chi connectivity index (χ4n) is 2.78. The van der Waals surface area contributed by atoms with Crippen LogP contribution in [0.15, 0.2) is 48.1 Å². The van der Waals surface area contributed by atoms with Gasteiger partial charge in [0.1, 0.15) is 0 Å². The smallest absolute Gasteiger partial charge is 0.0797 e. The molecule has 3 nitrogen and oxygen atoms in total. The molecule has 0 unspecified atom stereocenters. The molecule has 2 aliphatic heterocycles. The van der Waals surface area contributed by atoms with Crippen LogP contribution in [0.25, 0.3) is 11.1 Å². The summed E-state index contributed by atoms with van der Waals surface area (Å²) < 4.78 is 0. The SMILES string of the molecule is C1=C(c2cncs2)CNCC1.Clc1ccccc1C1=CCCNC1. The van der Waals surface area contributed by atoms with Crippen molar-refractivity contribution in [3.63, 3.8) is 0 Å². The summed E-state index contributed by atoms with van der Waals surface area (Å²) in [5.74, 6) is 0. The summed E-state index contributed by atoms with van der Waals surface area (Å²) in [6.45, 7) is 4.13. The van der Waals surface area contributed by atoms with Gasteiger partial charge in [-0.2, -0.15) is 0 Å². The Morgan fingerprint density at radius 1 is 0.958 bits per heavy atom. The highest BCUT2D eigenvalue weighted by molar-refractivity contribution is 7.10. The van der Waals surface area contributed by atoms with E-state index in [9.17, 15) is 0 Å². The second kappa shape index (κ2) is 9.14. The van der Waals surface area contributed by atoms with Crippen molar-refractivity contribution in [1.82, 2.24) is 15.6 Å². The predicted molar refractivity (Wildman–Crippen MR) is 104 cm³/mol. The molecular weight excluding hydrogens is 338 g/mol. The van der Waals surface area contributed by atoms with E-state index in [1.165, 1.54) is 16.0 Å². The lowest BCUT2D eigenvalue weighted by atomic mass is 10.0. The Morgan fingerprint density at radius 2 is 1.67 bits per heavy atom. The number of rotatable bonds is 2. The molecule has 0 amide bonds. The third kappa shape index (κ3) is 4.77. The number of benzene rings is 1. The van der Waals surface area contributed by atoms with E-state index in [-0.39, 0.29) is 0 Å². The first-order valence-electron chi connectivity index (χ1n) is 8.28. The van der Waals surface area contributed by atoms with Crippen molar-refractivity contribution in [3.8, 4) is 0 Å². The summed E-state index contributed by atoms with van der Waals surface area (Å²) in [6.07, 6.45) is 8.74. The van der Waals surface area contributed by atoms with Gasteiger partial charge < -0.3 is 10.6 Å². The first-order chi connectivity index (χ1) is 11.8. The summed E-state index contributed by atoms with van der Waals surface area (Å²) in [4.78, 5) is 5.35. The van der Waals surface area contributed by atoms with Gasteiger partial charge in [0.15, 0.2) is 0 Å². The Kier molecular flexibility index (Phi) is 6.61. The molecule has 3 heterocycles. The molecule has 1 aromatic carbocycles. The van der Waals surface area contributed by atoms with Crippen LogP contribution >= 0.6 is 22.9 Å². The van der Waals surface area contributed by atoms with Gasteiger partial charge in [0.05, 0.1) is 10.4 Å². The Morgan fingerprint density at radius 3 is 2.25 bits per heavy atom. The van der Waals surface area contributed by atoms with Gasteiger partial charge in [0, 0.05) is 24.3 Å². The number of hydrogen-bond donors (Lipinski definition) is 2. The molecule has 0 bridgehead atoms. The highest BCUT2D eigenvalue weighted by atomic mass is 35.5. The van der Waals surface area contributed by atoms with E-state index in [1.807, 2.05) is 29.9 Å². The standard InChI is InChI=1S/C11H12ClN.C8H10N2S/c12-11-6-2-1-5-10(11)9-4-3-7-13-8-9;1-2-7(4-9-3-1)8-5-10-6-11-8/h1-2,4-6,13H,3,7-8H2;2,5-6,9H,1,3-4H2. The number of aromatic nitrogens is 1. The van der Waals surface area contributed by atoms with E-state index in [4.69, 9.17) is 11.6 Å². The van der Waals surface area contributed by atoms with Gasteiger partial charge in [-0.1, -0.05) is 42.0 Å². The fraction of sp³-hybridized carbons (Fsp3) is 0.316. The first kappa shape index (κ1) is 17.4. The lowest BCUT2D eigenvalue weighted by Crippen LogP contribution is -2.21. The van der Waals surface area contributed by atoms with E-state index in [0.717, 1.165) is 49.6 Å². The molecule has 0 fully saturated rings. The largest absolute Gasteiger partial charge is 0.312 e. The molecular formula is C19H22ClN3S. The topological polar surface area (TPSA) is 37.0 Å². The molecule has 5 heteroatoms. The van der Waals surface area contributed by atoms with Crippen molar-refractivity contribution in [2.75, 3.05) is 26.2 Å². The molecule has 126 valence electrons. The summed E-state index contributed by atoms with van der Waals surface area (Å²) >= 11 is 7.80. The van der Waals surface area contributed by atoms with Crippen molar-refractivity contribution in [2.24, 2.45) is 0 Å². The minimum atomic E-state index is 0.845. The van der Waals surface area contributed by atoms with Gasteiger partial charge in [-0.3, -0.25) is 4.98 Å². The van der Waals surface area contributed by atoms with E-state index < -0.39 is 0 Å². The summed E-state index contributed by atoms with van der Waals surface area (Å²) in [7, 11) is 0. The normalized spacial score (nSPS) is 17.4. The predicted octanol–water partition coefficient (Wildman–Crippen LogP) is 4.24. The number of nitrogens with zero attached hydrogens (tertiary/aromatic N) is 1. The number of halogens is 1. The Hall–Kier alpha value is -1.46. The zero-order valence-electron chi connectivity index (χ0n) is 13.6. The highest BCUT2D eigenvalue weighted by Gasteiger charge is 2.08. The van der Waals surface area contributed by atoms with E-state index in [0.29, 0.717) is 0 Å². The molecule has 24 heavy (non-hydrogen) atoms. The van der Waals surface area contributed by atoms with Crippen LogP contribution in [0.3, 0.4) is 0 Å². The van der Waals surface area contributed by atoms with Crippen molar-refractivity contribution in [3.05, 3.63) is 63.6 Å².